The van der Waals surface area contributed by atoms with Crippen molar-refractivity contribution in [2.24, 2.45) is 0 Å². The van der Waals surface area contributed by atoms with Crippen LogP contribution in [0.2, 0.25) is 5.02 Å². The number of carbonyl (C=O) groups excluding carboxylic acids is 1. The first kappa shape index (κ1) is 18.8. The summed E-state index contributed by atoms with van der Waals surface area (Å²) in [5, 5.41) is 10.00. The average molecular weight is 368 g/mol. The predicted octanol–water partition coefficient (Wildman–Crippen LogP) is 4.44. The molecule has 7 heteroatoms. The number of carbonyl (C=O) groups is 1. The van der Waals surface area contributed by atoms with E-state index in [0.29, 0.717) is 5.02 Å². The van der Waals surface area contributed by atoms with Gasteiger partial charge in [-0.3, -0.25) is 4.79 Å². The second-order valence-electron chi connectivity index (χ2n) is 5.39. The van der Waals surface area contributed by atoms with Crippen molar-refractivity contribution in [3.8, 4) is 11.4 Å². The summed E-state index contributed by atoms with van der Waals surface area (Å²) in [4.78, 5) is 11.4. The van der Waals surface area contributed by atoms with Crippen LogP contribution >= 0.6 is 23.4 Å². The zero-order chi connectivity index (χ0) is 17.4. The Morgan fingerprint density at radius 1 is 1.21 bits per heavy atom. The number of nitrogens with zero attached hydrogens (tertiary/aromatic N) is 3. The number of methoxy groups -OCH3 is 1. The number of aromatic nitrogens is 3. The minimum atomic E-state index is -0.270. The molecular formula is C17H22ClN3O2S. The van der Waals surface area contributed by atoms with E-state index in [1.54, 1.807) is 0 Å². The van der Waals surface area contributed by atoms with Gasteiger partial charge in [0, 0.05) is 17.1 Å². The topological polar surface area (TPSA) is 57.0 Å². The lowest BCUT2D eigenvalue weighted by atomic mass is 10.2. The van der Waals surface area contributed by atoms with Crippen LogP contribution < -0.4 is 0 Å². The summed E-state index contributed by atoms with van der Waals surface area (Å²) >= 11 is 7.32. The highest BCUT2D eigenvalue weighted by atomic mass is 35.5. The fourth-order valence-electron chi connectivity index (χ4n) is 2.29. The van der Waals surface area contributed by atoms with Crippen molar-refractivity contribution >= 4 is 29.3 Å². The molecule has 0 fully saturated rings. The van der Waals surface area contributed by atoms with Crippen molar-refractivity contribution in [1.82, 2.24) is 14.8 Å². The van der Waals surface area contributed by atoms with Gasteiger partial charge in [0.15, 0.2) is 11.0 Å². The molecule has 0 aliphatic rings. The lowest BCUT2D eigenvalue weighted by Gasteiger charge is -2.10. The van der Waals surface area contributed by atoms with E-state index in [0.717, 1.165) is 35.9 Å². The molecule has 0 radical (unpaired) electrons. The molecule has 1 aromatic heterocycles. The number of hydrogen-bond donors (Lipinski definition) is 0. The Kier molecular flexibility index (Phi) is 7.59. The van der Waals surface area contributed by atoms with Crippen molar-refractivity contribution in [2.75, 3.05) is 12.9 Å². The van der Waals surface area contributed by atoms with Crippen LogP contribution in [0.5, 0.6) is 0 Å². The number of benzene rings is 1. The van der Waals surface area contributed by atoms with E-state index in [-0.39, 0.29) is 11.7 Å². The highest BCUT2D eigenvalue weighted by Crippen LogP contribution is 2.26. The van der Waals surface area contributed by atoms with E-state index < -0.39 is 0 Å². The number of esters is 1. The van der Waals surface area contributed by atoms with Gasteiger partial charge in [-0.1, -0.05) is 49.5 Å². The number of halogens is 1. The van der Waals surface area contributed by atoms with Crippen LogP contribution in [0.3, 0.4) is 0 Å². The second-order valence-corrected chi connectivity index (χ2v) is 6.77. The molecule has 1 heterocycles. The minimum Gasteiger partial charge on any atom is -0.468 e. The van der Waals surface area contributed by atoms with Crippen molar-refractivity contribution in [3.63, 3.8) is 0 Å². The van der Waals surface area contributed by atoms with E-state index in [9.17, 15) is 4.79 Å². The van der Waals surface area contributed by atoms with Crippen molar-refractivity contribution < 1.29 is 9.53 Å². The van der Waals surface area contributed by atoms with E-state index in [1.807, 2.05) is 24.3 Å². The molecule has 0 aliphatic heterocycles. The van der Waals surface area contributed by atoms with Crippen LogP contribution in [0.15, 0.2) is 29.4 Å². The highest BCUT2D eigenvalue weighted by molar-refractivity contribution is 7.99. The Balaban J connectivity index is 2.20. The van der Waals surface area contributed by atoms with E-state index >= 15 is 0 Å². The molecule has 0 unspecified atom stereocenters. The molecule has 130 valence electrons. The Labute approximate surface area is 151 Å². The highest BCUT2D eigenvalue weighted by Gasteiger charge is 2.15. The van der Waals surface area contributed by atoms with Gasteiger partial charge < -0.3 is 9.30 Å². The lowest BCUT2D eigenvalue weighted by molar-refractivity contribution is -0.137. The molecule has 0 spiro atoms. The molecule has 0 bridgehead atoms. The Morgan fingerprint density at radius 3 is 2.62 bits per heavy atom. The molecule has 0 saturated heterocycles. The Hall–Kier alpha value is -1.53. The summed E-state index contributed by atoms with van der Waals surface area (Å²) in [6.45, 7) is 3.02. The molecule has 0 N–H and O–H groups in total. The minimum absolute atomic E-state index is 0.226. The lowest BCUT2D eigenvalue weighted by Crippen LogP contribution is -2.07. The van der Waals surface area contributed by atoms with Gasteiger partial charge >= 0.3 is 5.97 Å². The summed E-state index contributed by atoms with van der Waals surface area (Å²) in [5.74, 6) is 0.758. The molecule has 0 atom stereocenters. The largest absolute Gasteiger partial charge is 0.468 e. The van der Waals surface area contributed by atoms with Crippen molar-refractivity contribution in [2.45, 2.75) is 44.3 Å². The van der Waals surface area contributed by atoms with Crippen molar-refractivity contribution in [1.29, 1.82) is 0 Å². The SMILES string of the molecule is CCCCCCn1c(SCC(=O)OC)nnc1-c1ccc(Cl)cc1. The molecule has 2 rings (SSSR count). The molecule has 0 saturated carbocycles. The summed E-state index contributed by atoms with van der Waals surface area (Å²) in [7, 11) is 1.39. The normalized spacial score (nSPS) is 10.8. The molecule has 5 nitrogen and oxygen atoms in total. The summed E-state index contributed by atoms with van der Waals surface area (Å²) in [6, 6.07) is 7.55. The third-order valence-electron chi connectivity index (χ3n) is 3.60. The van der Waals surface area contributed by atoms with Crippen molar-refractivity contribution in [3.05, 3.63) is 29.3 Å². The zero-order valence-corrected chi connectivity index (χ0v) is 15.6. The summed E-state index contributed by atoms with van der Waals surface area (Å²) in [5.41, 5.74) is 0.965. The Morgan fingerprint density at radius 2 is 1.96 bits per heavy atom. The number of ether oxygens (including phenoxy) is 1. The maximum Gasteiger partial charge on any atom is 0.316 e. The van der Waals surface area contributed by atoms with Crippen LogP contribution in [0.25, 0.3) is 11.4 Å². The summed E-state index contributed by atoms with van der Waals surface area (Å²) < 4.78 is 6.77. The first-order chi connectivity index (χ1) is 11.7. The molecule has 0 aliphatic carbocycles. The number of unbranched alkanes of at least 4 members (excludes halogenated alkanes) is 3. The molecule has 2 aromatic rings. The van der Waals surface area contributed by atoms with E-state index in [2.05, 4.69) is 21.7 Å². The third kappa shape index (κ3) is 5.24. The van der Waals surface area contributed by atoms with Gasteiger partial charge in [-0.05, 0) is 30.7 Å². The summed E-state index contributed by atoms with van der Waals surface area (Å²) in [6.07, 6.45) is 4.62. The van der Waals surface area contributed by atoms with E-state index in [1.165, 1.54) is 31.7 Å². The van der Waals surface area contributed by atoms with E-state index in [4.69, 9.17) is 16.3 Å². The predicted molar refractivity (Wildman–Crippen MR) is 97.4 cm³/mol. The third-order valence-corrected chi connectivity index (χ3v) is 4.79. The van der Waals surface area contributed by atoms with Gasteiger partial charge in [0.1, 0.15) is 0 Å². The van der Waals surface area contributed by atoms with Gasteiger partial charge in [0.2, 0.25) is 0 Å². The maximum absolute atomic E-state index is 11.4. The number of rotatable bonds is 9. The quantitative estimate of drug-likeness (QED) is 0.372. The van der Waals surface area contributed by atoms with Crippen LogP contribution in [-0.2, 0) is 16.1 Å². The zero-order valence-electron chi connectivity index (χ0n) is 14.0. The fourth-order valence-corrected chi connectivity index (χ4v) is 3.21. The first-order valence-corrected chi connectivity index (χ1v) is 9.40. The van der Waals surface area contributed by atoms with Gasteiger partial charge in [0.25, 0.3) is 0 Å². The average Bonchev–Trinajstić information content (AvgIpc) is 3.00. The molecule has 1 aromatic carbocycles. The molecular weight excluding hydrogens is 346 g/mol. The molecule has 0 amide bonds. The fraction of sp³-hybridized carbons (Fsp3) is 0.471. The van der Waals surface area contributed by atoms with Crippen LogP contribution in [-0.4, -0.2) is 33.6 Å². The number of thioether (sulfide) groups is 1. The smallest absolute Gasteiger partial charge is 0.316 e. The first-order valence-electron chi connectivity index (χ1n) is 8.04. The monoisotopic (exact) mass is 367 g/mol. The van der Waals surface area contributed by atoms with Crippen LogP contribution in [0, 0.1) is 0 Å². The van der Waals surface area contributed by atoms with Gasteiger partial charge in [-0.25, -0.2) is 0 Å². The van der Waals surface area contributed by atoms with Crippen LogP contribution in [0.4, 0.5) is 0 Å². The Bertz CT molecular complexity index is 658. The molecule has 24 heavy (non-hydrogen) atoms. The van der Waals surface area contributed by atoms with Gasteiger partial charge in [-0.15, -0.1) is 10.2 Å². The number of hydrogen-bond acceptors (Lipinski definition) is 5. The standard InChI is InChI=1S/C17H22ClN3O2S/c1-3-4-5-6-11-21-16(13-7-9-14(18)10-8-13)19-20-17(21)24-12-15(22)23-2/h7-10H,3-6,11-12H2,1-2H3. The second kappa shape index (κ2) is 9.69. The van der Waals surface area contributed by atoms with Gasteiger partial charge in [0.05, 0.1) is 12.9 Å². The van der Waals surface area contributed by atoms with Gasteiger partial charge in [-0.2, -0.15) is 0 Å². The van der Waals surface area contributed by atoms with Crippen LogP contribution in [0.1, 0.15) is 32.6 Å². The maximum atomic E-state index is 11.4.